The van der Waals surface area contributed by atoms with Crippen LogP contribution in [0.1, 0.15) is 122 Å². The lowest BCUT2D eigenvalue weighted by Crippen LogP contribution is -2.41. The van der Waals surface area contributed by atoms with Crippen molar-refractivity contribution in [2.45, 2.75) is 128 Å². The predicted octanol–water partition coefficient (Wildman–Crippen LogP) is 10.6. The molecule has 1 atom stereocenters. The third kappa shape index (κ3) is 32.6. The Labute approximate surface area is 229 Å². The van der Waals surface area contributed by atoms with E-state index in [4.69, 9.17) is 5.21 Å². The molecule has 3 heteroatoms. The Balaban J connectivity index is -0.000000115. The maximum atomic E-state index is 8.58. The predicted molar refractivity (Wildman–Crippen MR) is 170 cm³/mol. The molecule has 0 radical (unpaired) electrons. The monoisotopic (exact) mass is 509 g/mol. The van der Waals surface area contributed by atoms with E-state index in [2.05, 4.69) is 71.7 Å². The summed E-state index contributed by atoms with van der Waals surface area (Å²) in [4.78, 5) is 2.40. The van der Waals surface area contributed by atoms with Gasteiger partial charge in [0.1, 0.15) is 0 Å². The lowest BCUT2D eigenvalue weighted by Gasteiger charge is -2.29. The third-order valence-electron chi connectivity index (χ3n) is 5.50. The van der Waals surface area contributed by atoms with E-state index < -0.39 is 0 Å². The van der Waals surface area contributed by atoms with Gasteiger partial charge in [-0.25, -0.2) is 5.48 Å². The maximum absolute atomic E-state index is 8.58. The molecule has 2 N–H and O–H groups in total. The molecule has 2 aliphatic rings. The highest BCUT2D eigenvalue weighted by Crippen LogP contribution is 2.28. The van der Waals surface area contributed by atoms with Crippen LogP contribution in [0.2, 0.25) is 0 Å². The van der Waals surface area contributed by atoms with Crippen LogP contribution in [0, 0.1) is 5.92 Å². The summed E-state index contributed by atoms with van der Waals surface area (Å²) in [5.41, 5.74) is 6.68. The Morgan fingerprint density at radius 2 is 1.47 bits per heavy atom. The van der Waals surface area contributed by atoms with E-state index in [9.17, 15) is 0 Å². The van der Waals surface area contributed by atoms with Crippen molar-refractivity contribution in [1.82, 2.24) is 10.4 Å². The second kappa shape index (κ2) is 38.1. The highest BCUT2D eigenvalue weighted by molar-refractivity contribution is 5.16. The zero-order chi connectivity index (χ0) is 29.4. The Morgan fingerprint density at radius 1 is 1.00 bits per heavy atom. The van der Waals surface area contributed by atoms with Crippen LogP contribution in [0.3, 0.4) is 0 Å². The highest BCUT2D eigenvalue weighted by atomic mass is 16.5. The smallest absolute Gasteiger partial charge is 0.0344 e. The van der Waals surface area contributed by atoms with Gasteiger partial charge in [-0.3, -0.25) is 0 Å². The molecule has 0 amide bonds. The fraction of sp³-hybridized carbons (Fsp3) is 0.697. The minimum Gasteiger partial charge on any atom is -0.317 e. The molecule has 1 aliphatic heterocycles. The molecule has 3 nitrogen and oxygen atoms in total. The van der Waals surface area contributed by atoms with Gasteiger partial charge in [-0.2, -0.15) is 0 Å². The van der Waals surface area contributed by atoms with E-state index in [1.54, 1.807) is 11.1 Å². The van der Waals surface area contributed by atoms with Gasteiger partial charge in [0.05, 0.1) is 0 Å². The summed E-state index contributed by atoms with van der Waals surface area (Å²) < 4.78 is 0. The topological polar surface area (TPSA) is 35.5 Å². The van der Waals surface area contributed by atoms with Crippen molar-refractivity contribution in [3.8, 4) is 0 Å². The van der Waals surface area contributed by atoms with Crippen molar-refractivity contribution < 1.29 is 5.21 Å². The van der Waals surface area contributed by atoms with E-state index in [0.717, 1.165) is 44.0 Å². The van der Waals surface area contributed by atoms with Crippen LogP contribution in [-0.2, 0) is 0 Å². The minimum absolute atomic E-state index is 0.336. The van der Waals surface area contributed by atoms with Crippen molar-refractivity contribution in [3.05, 3.63) is 60.8 Å². The fourth-order valence-corrected chi connectivity index (χ4v) is 3.22. The first kappa shape index (κ1) is 44.6. The molecule has 0 bridgehead atoms. The first-order chi connectivity index (χ1) is 17.3. The van der Waals surface area contributed by atoms with Crippen molar-refractivity contribution >= 4 is 0 Å². The molecule has 36 heavy (non-hydrogen) atoms. The van der Waals surface area contributed by atoms with Gasteiger partial charge in [0.15, 0.2) is 0 Å². The Morgan fingerprint density at radius 3 is 1.78 bits per heavy atom. The van der Waals surface area contributed by atoms with E-state index in [-0.39, 0.29) is 0 Å². The van der Waals surface area contributed by atoms with Gasteiger partial charge in [0.25, 0.3) is 0 Å². The molecule has 1 unspecified atom stereocenters. The van der Waals surface area contributed by atoms with Crippen LogP contribution in [0.15, 0.2) is 60.8 Å². The van der Waals surface area contributed by atoms with Crippen LogP contribution in [0.25, 0.3) is 0 Å². The van der Waals surface area contributed by atoms with Crippen molar-refractivity contribution in [2.24, 2.45) is 5.92 Å². The van der Waals surface area contributed by atoms with E-state index in [1.165, 1.54) is 25.7 Å². The van der Waals surface area contributed by atoms with Gasteiger partial charge in [-0.1, -0.05) is 109 Å². The zero-order valence-corrected chi connectivity index (χ0v) is 26.8. The van der Waals surface area contributed by atoms with Crippen molar-refractivity contribution in [1.29, 1.82) is 0 Å². The van der Waals surface area contributed by atoms with E-state index in [1.807, 2.05) is 65.8 Å². The van der Waals surface area contributed by atoms with Gasteiger partial charge in [0.2, 0.25) is 0 Å². The second-order valence-corrected chi connectivity index (χ2v) is 8.53. The zero-order valence-electron chi connectivity index (χ0n) is 26.8. The first-order valence-electron chi connectivity index (χ1n) is 14.5. The third-order valence-corrected chi connectivity index (χ3v) is 5.50. The summed E-state index contributed by atoms with van der Waals surface area (Å²) in [5.74, 6) is 0.860. The van der Waals surface area contributed by atoms with Crippen molar-refractivity contribution in [2.75, 3.05) is 19.6 Å². The molecule has 0 aromatic carbocycles. The van der Waals surface area contributed by atoms with Crippen LogP contribution >= 0.6 is 0 Å². The van der Waals surface area contributed by atoms with Crippen LogP contribution in [-0.4, -0.2) is 35.8 Å². The number of allylic oxidation sites excluding steroid dienone is 7. The molecule has 0 saturated carbocycles. The summed E-state index contributed by atoms with van der Waals surface area (Å²) in [6, 6.07) is 0.336. The summed E-state index contributed by atoms with van der Waals surface area (Å²) >= 11 is 0. The molecule has 1 aliphatic carbocycles. The molecule has 1 saturated heterocycles. The largest absolute Gasteiger partial charge is 0.317 e. The quantitative estimate of drug-likeness (QED) is 0.225. The number of hydrogen-bond acceptors (Lipinski definition) is 3. The van der Waals surface area contributed by atoms with Gasteiger partial charge in [-0.15, -0.1) is 13.2 Å². The molecule has 0 aromatic rings. The standard InChI is InChI=1S/C9H16.C8H12.C7H16N2O.C3H8.2C2H6.C2H4/c1-7-5-4-6-8(2)9(7)3;1-4-5-6-7-8(2)3;1-2-9-5-3-7(8-10)4-6-9;1-3-2;3*1-2/h7H,4-6H2,1-3H3;4-7H,2H2,1,3H3;7-8,10H,2-6H2,1H3;3H2,1-2H3;2*1-2H3;1-2H2/b;5-4+,7-6+;;;;;. The lowest BCUT2D eigenvalue weighted by atomic mass is 9.86. The van der Waals surface area contributed by atoms with Crippen LogP contribution < -0.4 is 5.48 Å². The first-order valence-corrected chi connectivity index (χ1v) is 14.5. The molecule has 216 valence electrons. The number of hydrogen-bond donors (Lipinski definition) is 2. The molecule has 0 spiro atoms. The number of nitrogens with one attached hydrogen (secondary N) is 1. The normalized spacial score (nSPS) is 17.2. The summed E-state index contributed by atoms with van der Waals surface area (Å²) in [6.45, 7) is 38.3. The number of rotatable bonds is 4. The van der Waals surface area contributed by atoms with Gasteiger partial charge < -0.3 is 10.1 Å². The maximum Gasteiger partial charge on any atom is 0.0344 e. The molecular formula is C33H68N2O. The number of hydroxylamine groups is 1. The van der Waals surface area contributed by atoms with Crippen LogP contribution in [0.4, 0.5) is 0 Å². The van der Waals surface area contributed by atoms with Gasteiger partial charge in [-0.05, 0) is 85.4 Å². The number of nitrogens with zero attached hydrogens (tertiary/aromatic N) is 1. The lowest BCUT2D eigenvalue weighted by molar-refractivity contribution is 0.0843. The van der Waals surface area contributed by atoms with E-state index in [0.29, 0.717) is 6.04 Å². The Hall–Kier alpha value is -1.42. The van der Waals surface area contributed by atoms with Gasteiger partial charge >= 0.3 is 0 Å². The minimum atomic E-state index is 0.336. The molecule has 0 aromatic heterocycles. The fourth-order valence-electron chi connectivity index (χ4n) is 3.22. The molecule has 1 heterocycles. The Kier molecular flexibility index (Phi) is 47.2. The van der Waals surface area contributed by atoms with Crippen LogP contribution in [0.5, 0.6) is 0 Å². The number of piperidine rings is 1. The second-order valence-electron chi connectivity index (χ2n) is 8.53. The highest BCUT2D eigenvalue weighted by Gasteiger charge is 2.16. The SMILES string of the molecule is C=C.C=C(C)/C=C/C=C/C.CC.CC.CC1=C(C)C(C)CCC1.CCC.CCN1CCC(NO)CC1. The number of likely N-dealkylation sites (tertiary alicyclic amines) is 1. The molecule has 2 rings (SSSR count). The average Bonchev–Trinajstić information content (AvgIpc) is 2.92. The molecule has 1 fully saturated rings. The molecular weight excluding hydrogens is 440 g/mol. The summed E-state index contributed by atoms with van der Waals surface area (Å²) in [5, 5.41) is 8.58. The van der Waals surface area contributed by atoms with E-state index >= 15 is 0 Å². The summed E-state index contributed by atoms with van der Waals surface area (Å²) in [7, 11) is 0. The van der Waals surface area contributed by atoms with Gasteiger partial charge in [0, 0.05) is 6.04 Å². The van der Waals surface area contributed by atoms with Crippen molar-refractivity contribution in [3.63, 3.8) is 0 Å². The average molecular weight is 509 g/mol. The summed E-state index contributed by atoms with van der Waals surface area (Å²) in [6.07, 6.45) is 15.5. The Bertz CT molecular complexity index is 500.